The summed E-state index contributed by atoms with van der Waals surface area (Å²) in [5.41, 5.74) is 1.91. The average Bonchev–Trinajstić information content (AvgIpc) is 3.32. The Balaban J connectivity index is 1.04. The van der Waals surface area contributed by atoms with E-state index in [9.17, 15) is 14.3 Å². The van der Waals surface area contributed by atoms with E-state index in [1.807, 2.05) is 12.1 Å². The van der Waals surface area contributed by atoms with Gasteiger partial charge in [0.05, 0.1) is 5.60 Å². The molecule has 1 amide bonds. The van der Waals surface area contributed by atoms with Gasteiger partial charge in [-0.3, -0.25) is 4.79 Å². The summed E-state index contributed by atoms with van der Waals surface area (Å²) in [4.78, 5) is 15.8. The van der Waals surface area contributed by atoms with Gasteiger partial charge in [-0.25, -0.2) is 4.39 Å². The van der Waals surface area contributed by atoms with E-state index in [1.165, 1.54) is 18.6 Å². The first-order valence-corrected chi connectivity index (χ1v) is 13.1. The van der Waals surface area contributed by atoms with Gasteiger partial charge in [0.2, 0.25) is 5.91 Å². The van der Waals surface area contributed by atoms with Gasteiger partial charge in [0.1, 0.15) is 5.82 Å². The number of hydrogen-bond acceptors (Lipinski definition) is 2. The second kappa shape index (κ2) is 6.95. The van der Waals surface area contributed by atoms with Crippen LogP contribution >= 0.6 is 11.6 Å². The molecule has 1 N–H and O–H groups in total. The number of fused-ring (bicyclic) bond motifs is 2. The lowest BCUT2D eigenvalue weighted by molar-refractivity contribution is -0.176. The maximum atomic E-state index is 13.6. The number of amides is 1. The van der Waals surface area contributed by atoms with Crippen molar-refractivity contribution in [3.8, 4) is 0 Å². The lowest BCUT2D eigenvalue weighted by atomic mass is 9.53. The van der Waals surface area contributed by atoms with Crippen molar-refractivity contribution in [3.05, 3.63) is 58.4 Å². The molecule has 3 bridgehead atoms. The average molecular weight is 468 g/mol. The van der Waals surface area contributed by atoms with Crippen molar-refractivity contribution in [3.63, 3.8) is 0 Å². The van der Waals surface area contributed by atoms with Gasteiger partial charge in [-0.2, -0.15) is 0 Å². The fourth-order valence-corrected chi connectivity index (χ4v) is 9.40. The molecule has 1 heterocycles. The van der Waals surface area contributed by atoms with E-state index in [4.69, 9.17) is 11.6 Å². The number of hydrogen-bond donors (Lipinski definition) is 1. The van der Waals surface area contributed by atoms with Crippen LogP contribution in [0.5, 0.6) is 0 Å². The Kier molecular flexibility index (Phi) is 4.36. The molecule has 6 aliphatic rings. The second-order valence-electron chi connectivity index (χ2n) is 11.8. The summed E-state index contributed by atoms with van der Waals surface area (Å²) in [5.74, 6) is 2.00. The molecular formula is C28H31ClFNO2. The largest absolute Gasteiger partial charge is 0.389 e. The van der Waals surface area contributed by atoms with Gasteiger partial charge < -0.3 is 10.0 Å². The molecule has 7 rings (SSSR count). The molecule has 174 valence electrons. The number of benzene rings is 1. The van der Waals surface area contributed by atoms with Crippen LogP contribution in [0.3, 0.4) is 0 Å². The third-order valence-electron chi connectivity index (χ3n) is 10.4. The molecule has 5 heteroatoms. The molecule has 8 atom stereocenters. The Bertz CT molecular complexity index is 1080. The maximum absolute atomic E-state index is 13.6. The number of nitrogens with zero attached hydrogens (tertiary/aromatic N) is 1. The van der Waals surface area contributed by atoms with Crippen molar-refractivity contribution >= 4 is 17.5 Å². The zero-order valence-electron chi connectivity index (χ0n) is 18.9. The Morgan fingerprint density at radius 1 is 1.12 bits per heavy atom. The minimum absolute atomic E-state index is 0.00730. The summed E-state index contributed by atoms with van der Waals surface area (Å²) in [6.07, 6.45) is 12.1. The summed E-state index contributed by atoms with van der Waals surface area (Å²) in [7, 11) is 0. The van der Waals surface area contributed by atoms with E-state index in [2.05, 4.69) is 17.1 Å². The van der Waals surface area contributed by atoms with Crippen LogP contribution < -0.4 is 0 Å². The van der Waals surface area contributed by atoms with Crippen LogP contribution in [0.4, 0.5) is 4.39 Å². The van der Waals surface area contributed by atoms with Crippen LogP contribution in [0, 0.1) is 34.9 Å². The number of likely N-dealkylation sites (tertiary alicyclic amines) is 1. The number of allylic oxidation sites excluding steroid dienone is 4. The van der Waals surface area contributed by atoms with Crippen molar-refractivity contribution in [2.45, 2.75) is 68.9 Å². The van der Waals surface area contributed by atoms with Crippen LogP contribution in [-0.4, -0.2) is 34.1 Å². The van der Waals surface area contributed by atoms with Crippen LogP contribution in [0.1, 0.15) is 62.8 Å². The maximum Gasteiger partial charge on any atom is 0.226 e. The SMILES string of the molecule is O=C1C(CC2=CCC(c3ccc(F)cc3)C=C2Cl)CCN1C1C2CC3CC4(O)CC1CC34C2. The Labute approximate surface area is 199 Å². The quantitative estimate of drug-likeness (QED) is 0.631. The lowest BCUT2D eigenvalue weighted by Crippen LogP contribution is -2.57. The van der Waals surface area contributed by atoms with Crippen molar-refractivity contribution in [1.29, 1.82) is 0 Å². The molecule has 8 unspecified atom stereocenters. The normalized spacial score (nSPS) is 45.2. The number of carbonyl (C=O) groups is 1. The smallest absolute Gasteiger partial charge is 0.226 e. The summed E-state index contributed by atoms with van der Waals surface area (Å²) in [5, 5.41) is 11.9. The number of carbonyl (C=O) groups excluding carboxylic acids is 1. The topological polar surface area (TPSA) is 40.5 Å². The van der Waals surface area contributed by atoms with E-state index in [1.54, 1.807) is 0 Å². The minimum atomic E-state index is -0.430. The van der Waals surface area contributed by atoms with Gasteiger partial charge in [0.15, 0.2) is 0 Å². The van der Waals surface area contributed by atoms with Gasteiger partial charge in [-0.15, -0.1) is 0 Å². The number of rotatable bonds is 4. The first-order chi connectivity index (χ1) is 15.9. The highest BCUT2D eigenvalue weighted by molar-refractivity contribution is 6.32. The Morgan fingerprint density at radius 3 is 2.70 bits per heavy atom. The zero-order valence-corrected chi connectivity index (χ0v) is 19.6. The molecule has 1 aliphatic heterocycles. The first-order valence-electron chi connectivity index (χ1n) is 12.7. The van der Waals surface area contributed by atoms with Crippen molar-refractivity contribution in [2.24, 2.45) is 29.1 Å². The van der Waals surface area contributed by atoms with Crippen molar-refractivity contribution in [1.82, 2.24) is 4.90 Å². The van der Waals surface area contributed by atoms with Crippen molar-refractivity contribution in [2.75, 3.05) is 6.54 Å². The van der Waals surface area contributed by atoms with E-state index in [0.29, 0.717) is 36.1 Å². The summed E-state index contributed by atoms with van der Waals surface area (Å²) >= 11 is 6.67. The Morgan fingerprint density at radius 2 is 1.91 bits per heavy atom. The predicted molar refractivity (Wildman–Crippen MR) is 125 cm³/mol. The molecule has 4 saturated carbocycles. The fraction of sp³-hybridized carbons (Fsp3) is 0.607. The highest BCUT2D eigenvalue weighted by Gasteiger charge is 2.76. The molecular weight excluding hydrogens is 437 g/mol. The third-order valence-corrected chi connectivity index (χ3v) is 10.8. The van der Waals surface area contributed by atoms with Gasteiger partial charge in [-0.05, 0) is 92.4 Å². The second-order valence-corrected chi connectivity index (χ2v) is 12.2. The number of aliphatic hydroxyl groups is 1. The monoisotopic (exact) mass is 467 g/mol. The molecule has 5 fully saturated rings. The summed E-state index contributed by atoms with van der Waals surface area (Å²) in [6, 6.07) is 6.97. The molecule has 0 radical (unpaired) electrons. The minimum Gasteiger partial charge on any atom is -0.389 e. The molecule has 1 aromatic carbocycles. The highest BCUT2D eigenvalue weighted by atomic mass is 35.5. The van der Waals surface area contributed by atoms with Crippen LogP contribution in [0.25, 0.3) is 0 Å². The van der Waals surface area contributed by atoms with Gasteiger partial charge in [0.25, 0.3) is 0 Å². The third kappa shape index (κ3) is 2.80. The van der Waals surface area contributed by atoms with Gasteiger partial charge in [0, 0.05) is 34.9 Å². The highest BCUT2D eigenvalue weighted by Crippen LogP contribution is 2.77. The molecule has 1 saturated heterocycles. The fourth-order valence-electron chi connectivity index (χ4n) is 9.09. The van der Waals surface area contributed by atoms with E-state index < -0.39 is 5.60 Å². The van der Waals surface area contributed by atoms with Crippen LogP contribution in [0.2, 0.25) is 0 Å². The Hall–Kier alpha value is -1.65. The van der Waals surface area contributed by atoms with Crippen LogP contribution in [-0.2, 0) is 4.79 Å². The van der Waals surface area contributed by atoms with E-state index >= 15 is 0 Å². The summed E-state index contributed by atoms with van der Waals surface area (Å²) in [6.45, 7) is 0.851. The van der Waals surface area contributed by atoms with E-state index in [0.717, 1.165) is 61.2 Å². The number of halogens is 2. The van der Waals surface area contributed by atoms with E-state index in [-0.39, 0.29) is 23.1 Å². The zero-order chi connectivity index (χ0) is 22.5. The standard InChI is InChI=1S/C28H31ClFNO2/c29-24-11-17(16-3-5-23(30)6-4-16)1-2-18(24)9-19-7-8-31(26(19)32)25-20-10-22-15-28(33)14-21(25)13-27(22,28)12-20/h2-6,11,17,19-22,25,33H,1,7-10,12-15H2. The summed E-state index contributed by atoms with van der Waals surface area (Å²) < 4.78 is 13.3. The lowest BCUT2D eigenvalue weighted by Gasteiger charge is -2.55. The first kappa shape index (κ1) is 20.7. The predicted octanol–water partition coefficient (Wildman–Crippen LogP) is 5.54. The van der Waals surface area contributed by atoms with Crippen molar-refractivity contribution < 1.29 is 14.3 Å². The van der Waals surface area contributed by atoms with Crippen LogP contribution in [0.15, 0.2) is 47.0 Å². The molecule has 3 nitrogen and oxygen atoms in total. The van der Waals surface area contributed by atoms with Gasteiger partial charge >= 0.3 is 0 Å². The molecule has 1 aromatic rings. The molecule has 0 aromatic heterocycles. The molecule has 1 spiro atoms. The van der Waals surface area contributed by atoms with Gasteiger partial charge in [-0.1, -0.05) is 35.9 Å². The molecule has 33 heavy (non-hydrogen) atoms. The molecule has 5 aliphatic carbocycles.